The zero-order valence-electron chi connectivity index (χ0n) is 15.1. The summed E-state index contributed by atoms with van der Waals surface area (Å²) < 4.78 is 15.3. The molecular weight excluding hydrogens is 357 g/mol. The molecule has 28 heavy (non-hydrogen) atoms. The molecule has 1 aromatic carbocycles. The summed E-state index contributed by atoms with van der Waals surface area (Å²) in [5.74, 6) is 0.302. The number of halogens is 1. The Balaban J connectivity index is 1.34. The number of carbonyl (C=O) groups excluding carboxylic acids is 1. The number of carbonyl (C=O) groups is 1. The van der Waals surface area contributed by atoms with Gasteiger partial charge in [0.1, 0.15) is 11.9 Å². The summed E-state index contributed by atoms with van der Waals surface area (Å²) >= 11 is 0. The maximum Gasteiger partial charge on any atom is 0.230 e. The molecule has 0 radical (unpaired) electrons. The second kappa shape index (κ2) is 7.61. The third-order valence-corrected chi connectivity index (χ3v) is 4.61. The highest BCUT2D eigenvalue weighted by molar-refractivity contribution is 5.91. The van der Waals surface area contributed by atoms with Crippen LogP contribution >= 0.6 is 0 Å². The van der Waals surface area contributed by atoms with Crippen LogP contribution in [-0.4, -0.2) is 20.7 Å². The monoisotopic (exact) mass is 375 g/mol. The highest BCUT2D eigenvalue weighted by atomic mass is 19.1. The normalized spacial score (nSPS) is 13.1. The van der Waals surface area contributed by atoms with E-state index >= 15 is 0 Å². The predicted molar refractivity (Wildman–Crippen MR) is 101 cm³/mol. The third kappa shape index (κ3) is 4.23. The highest BCUT2D eigenvalue weighted by Gasteiger charge is 2.24. The van der Waals surface area contributed by atoms with Gasteiger partial charge in [-0.15, -0.1) is 0 Å². The summed E-state index contributed by atoms with van der Waals surface area (Å²) in [5, 5.41) is 15.8. The van der Waals surface area contributed by atoms with Gasteiger partial charge in [0.05, 0.1) is 18.5 Å². The molecule has 3 aromatic rings. The Kier molecular flexibility index (Phi) is 4.85. The van der Waals surface area contributed by atoms with E-state index in [1.807, 2.05) is 12.1 Å². The minimum absolute atomic E-state index is 0.0109. The number of nitriles is 1. The summed E-state index contributed by atoms with van der Waals surface area (Å²) in [4.78, 5) is 16.6. The molecule has 0 atom stereocenters. The lowest BCUT2D eigenvalue weighted by atomic mass is 10.1. The van der Waals surface area contributed by atoms with Crippen LogP contribution in [0.4, 0.5) is 10.2 Å². The minimum atomic E-state index is -0.554. The van der Waals surface area contributed by atoms with Crippen molar-refractivity contribution >= 4 is 11.7 Å². The molecule has 2 heterocycles. The van der Waals surface area contributed by atoms with Crippen molar-refractivity contribution in [2.45, 2.75) is 31.7 Å². The van der Waals surface area contributed by atoms with Gasteiger partial charge in [-0.05, 0) is 42.2 Å². The van der Waals surface area contributed by atoms with Crippen LogP contribution in [0.2, 0.25) is 0 Å². The maximum absolute atomic E-state index is 13.7. The van der Waals surface area contributed by atoms with Gasteiger partial charge in [-0.1, -0.05) is 12.1 Å². The van der Waals surface area contributed by atoms with Gasteiger partial charge in [0.15, 0.2) is 5.82 Å². The van der Waals surface area contributed by atoms with E-state index < -0.39 is 5.82 Å². The van der Waals surface area contributed by atoms with Crippen LogP contribution in [0, 0.1) is 17.1 Å². The molecule has 1 amide bonds. The van der Waals surface area contributed by atoms with E-state index in [1.165, 1.54) is 25.0 Å². The maximum atomic E-state index is 13.7. The van der Waals surface area contributed by atoms with Crippen molar-refractivity contribution in [2.75, 3.05) is 5.32 Å². The van der Waals surface area contributed by atoms with Crippen molar-refractivity contribution in [3.05, 3.63) is 77.0 Å². The number of anilines is 1. The number of hydrogen-bond donors (Lipinski definition) is 1. The third-order valence-electron chi connectivity index (χ3n) is 4.61. The molecule has 0 aliphatic heterocycles. The van der Waals surface area contributed by atoms with Crippen LogP contribution in [0.25, 0.3) is 0 Å². The Labute approximate surface area is 161 Å². The molecule has 1 saturated carbocycles. The second-order valence-electron chi connectivity index (χ2n) is 6.92. The van der Waals surface area contributed by atoms with Crippen molar-refractivity contribution in [2.24, 2.45) is 0 Å². The minimum Gasteiger partial charge on any atom is -0.309 e. The number of benzene rings is 1. The van der Waals surface area contributed by atoms with E-state index in [1.54, 1.807) is 35.3 Å². The Morgan fingerprint density at radius 2 is 2.07 bits per heavy atom. The molecular formula is C21H18FN5O. The van der Waals surface area contributed by atoms with Crippen LogP contribution in [-0.2, 0) is 17.8 Å². The second-order valence-corrected chi connectivity index (χ2v) is 6.92. The largest absolute Gasteiger partial charge is 0.309 e. The van der Waals surface area contributed by atoms with Gasteiger partial charge in [-0.2, -0.15) is 10.4 Å². The van der Waals surface area contributed by atoms with Crippen LogP contribution < -0.4 is 5.32 Å². The van der Waals surface area contributed by atoms with E-state index in [2.05, 4.69) is 15.4 Å². The molecule has 0 spiro atoms. The Hall–Kier alpha value is -3.53. The van der Waals surface area contributed by atoms with Crippen LogP contribution in [0.1, 0.15) is 41.1 Å². The molecule has 1 fully saturated rings. The molecule has 140 valence electrons. The average Bonchev–Trinajstić information content (AvgIpc) is 3.44. The first-order chi connectivity index (χ1) is 13.6. The number of pyridine rings is 1. The molecule has 0 saturated heterocycles. The molecule has 1 aliphatic rings. The summed E-state index contributed by atoms with van der Waals surface area (Å²) in [7, 11) is 0. The molecule has 1 N–H and O–H groups in total. The highest BCUT2D eigenvalue weighted by Crippen LogP contribution is 2.38. The first-order valence-corrected chi connectivity index (χ1v) is 9.07. The average molecular weight is 375 g/mol. The number of amides is 1. The summed E-state index contributed by atoms with van der Waals surface area (Å²) in [5.41, 5.74) is 2.65. The molecule has 6 nitrogen and oxygen atoms in total. The van der Waals surface area contributed by atoms with Gasteiger partial charge >= 0.3 is 0 Å². The SMILES string of the molecule is N#Cc1ccc(Cn2ccc(NC(=O)Cc3ccc(C4CC4)nc3)n2)cc1F. The standard InChI is InChI=1S/C21H18FN5O/c22-18-9-15(1-3-17(18)11-23)13-27-8-7-20(26-27)25-21(28)10-14-2-6-19(24-12-14)16-4-5-16/h1-3,6-9,12,16H,4-5,10,13H2,(H,25,26,28). The number of hydrogen-bond acceptors (Lipinski definition) is 4. The Bertz CT molecular complexity index is 1050. The lowest BCUT2D eigenvalue weighted by Crippen LogP contribution is -2.15. The van der Waals surface area contributed by atoms with E-state index in [0.29, 0.717) is 23.8 Å². The molecule has 4 rings (SSSR count). The fraction of sp³-hybridized carbons (Fsp3) is 0.238. The molecule has 2 aromatic heterocycles. The first-order valence-electron chi connectivity index (χ1n) is 9.07. The van der Waals surface area contributed by atoms with Crippen molar-refractivity contribution in [1.29, 1.82) is 5.26 Å². The Morgan fingerprint density at radius 1 is 1.25 bits per heavy atom. The Morgan fingerprint density at radius 3 is 2.75 bits per heavy atom. The van der Waals surface area contributed by atoms with Crippen LogP contribution in [0.5, 0.6) is 0 Å². The zero-order chi connectivity index (χ0) is 19.5. The molecule has 0 unspecified atom stereocenters. The number of nitrogens with zero attached hydrogens (tertiary/aromatic N) is 4. The van der Waals surface area contributed by atoms with Gasteiger partial charge in [-0.25, -0.2) is 4.39 Å². The lowest BCUT2D eigenvalue weighted by molar-refractivity contribution is -0.115. The lowest BCUT2D eigenvalue weighted by Gasteiger charge is -2.05. The van der Waals surface area contributed by atoms with Crippen molar-refractivity contribution in [3.63, 3.8) is 0 Å². The summed E-state index contributed by atoms with van der Waals surface area (Å²) in [6.07, 6.45) is 6.09. The molecule has 0 bridgehead atoms. The summed E-state index contributed by atoms with van der Waals surface area (Å²) in [6, 6.07) is 11.9. The topological polar surface area (TPSA) is 83.6 Å². The predicted octanol–water partition coefficient (Wildman–Crippen LogP) is 3.40. The number of rotatable bonds is 6. The van der Waals surface area contributed by atoms with E-state index in [4.69, 9.17) is 5.26 Å². The molecule has 7 heteroatoms. The zero-order valence-corrected chi connectivity index (χ0v) is 15.1. The van der Waals surface area contributed by atoms with E-state index in [0.717, 1.165) is 11.3 Å². The van der Waals surface area contributed by atoms with Crippen LogP contribution in [0.15, 0.2) is 48.8 Å². The first kappa shape index (κ1) is 17.9. The fourth-order valence-electron chi connectivity index (χ4n) is 2.98. The van der Waals surface area contributed by atoms with Crippen molar-refractivity contribution in [1.82, 2.24) is 14.8 Å². The quantitative estimate of drug-likeness (QED) is 0.716. The summed E-state index contributed by atoms with van der Waals surface area (Å²) in [6.45, 7) is 0.338. The van der Waals surface area contributed by atoms with Crippen molar-refractivity contribution < 1.29 is 9.18 Å². The van der Waals surface area contributed by atoms with E-state index in [9.17, 15) is 9.18 Å². The number of aromatic nitrogens is 3. The van der Waals surface area contributed by atoms with Gasteiger partial charge in [0, 0.05) is 30.1 Å². The van der Waals surface area contributed by atoms with Gasteiger partial charge in [0.25, 0.3) is 0 Å². The molecule has 1 aliphatic carbocycles. The van der Waals surface area contributed by atoms with Gasteiger partial charge < -0.3 is 5.32 Å². The fourth-order valence-corrected chi connectivity index (χ4v) is 2.98. The van der Waals surface area contributed by atoms with Gasteiger partial charge in [-0.3, -0.25) is 14.5 Å². The van der Waals surface area contributed by atoms with Crippen LogP contribution in [0.3, 0.4) is 0 Å². The smallest absolute Gasteiger partial charge is 0.230 e. The van der Waals surface area contributed by atoms with Gasteiger partial charge in [0.2, 0.25) is 5.91 Å². The number of nitrogens with one attached hydrogen (secondary N) is 1. The van der Waals surface area contributed by atoms with E-state index in [-0.39, 0.29) is 17.9 Å². The van der Waals surface area contributed by atoms with Crippen molar-refractivity contribution in [3.8, 4) is 6.07 Å².